The van der Waals surface area contributed by atoms with E-state index in [1.165, 1.54) is 6.33 Å². The Kier molecular flexibility index (Phi) is 10.1. The third kappa shape index (κ3) is 8.35. The van der Waals surface area contributed by atoms with E-state index < -0.39 is 11.0 Å². The lowest BCUT2D eigenvalue weighted by atomic mass is 9.93. The van der Waals surface area contributed by atoms with Gasteiger partial charge >= 0.3 is 0 Å². The molecule has 0 saturated carbocycles. The minimum atomic E-state index is -1.19. The molecule has 41 heavy (non-hydrogen) atoms. The predicted molar refractivity (Wildman–Crippen MR) is 164 cm³/mol. The third-order valence-electron chi connectivity index (χ3n) is 5.62. The van der Waals surface area contributed by atoms with Gasteiger partial charge in [-0.25, -0.2) is 14.2 Å². The number of hydrogen-bond acceptors (Lipinski definition) is 10. The first kappa shape index (κ1) is 30.8. The number of nitrogens with two attached hydrogens (primary N) is 2. The predicted octanol–water partition coefficient (Wildman–Crippen LogP) is 4.83. The maximum Gasteiger partial charge on any atom is 0.204 e. The van der Waals surface area contributed by atoms with Gasteiger partial charge in [-0.1, -0.05) is 38.1 Å². The number of hydrogen-bond donors (Lipinski definition) is 6. The molecule has 1 amide bonds. The molecule has 0 aliphatic rings. The molecule has 0 fully saturated rings. The summed E-state index contributed by atoms with van der Waals surface area (Å²) in [5.74, 6) is 2.03. The Morgan fingerprint density at radius 1 is 1.00 bits per heavy atom. The number of amides is 1. The highest BCUT2D eigenvalue weighted by Crippen LogP contribution is 2.28. The number of benzene rings is 2. The lowest BCUT2D eigenvalue weighted by Crippen LogP contribution is -2.15. The Morgan fingerprint density at radius 2 is 1.56 bits per heavy atom. The fourth-order valence-electron chi connectivity index (χ4n) is 3.43. The maximum absolute atomic E-state index is 12.1. The first-order valence-electron chi connectivity index (χ1n) is 12.7. The third-order valence-corrected chi connectivity index (χ3v) is 6.91. The average Bonchev–Trinajstić information content (AvgIpc) is 3.40. The van der Waals surface area contributed by atoms with Gasteiger partial charge < -0.3 is 31.3 Å². The molecule has 1 atom stereocenters. The van der Waals surface area contributed by atoms with Gasteiger partial charge in [0.05, 0.1) is 11.3 Å². The molecular formula is C28H35N9O3S. The molecule has 0 spiro atoms. The Bertz CT molecular complexity index is 1500. The van der Waals surface area contributed by atoms with E-state index in [0.717, 1.165) is 17.1 Å². The number of nitrogens with zero attached hydrogens (tertiary/aromatic N) is 3. The molecule has 0 radical (unpaired) electrons. The zero-order valence-electron chi connectivity index (χ0n) is 23.6. The number of carbonyl (C=O) groups is 1. The van der Waals surface area contributed by atoms with Gasteiger partial charge in [-0.3, -0.25) is 10.2 Å². The van der Waals surface area contributed by atoms with E-state index in [1.807, 2.05) is 44.2 Å². The Morgan fingerprint density at radius 3 is 2.10 bits per heavy atom. The molecule has 216 valence electrons. The fourth-order valence-corrected chi connectivity index (χ4v) is 4.04. The fraction of sp³-hybridized carbons (Fsp3) is 0.250. The van der Waals surface area contributed by atoms with Crippen molar-refractivity contribution in [2.45, 2.75) is 45.3 Å². The largest absolute Gasteiger partial charge is 0.383 e. The van der Waals surface area contributed by atoms with Crippen molar-refractivity contribution in [3.63, 3.8) is 0 Å². The van der Waals surface area contributed by atoms with Crippen LogP contribution in [-0.2, 0) is 21.2 Å². The molecule has 4 rings (SSSR count). The number of anilines is 6. The normalized spacial score (nSPS) is 11.7. The quantitative estimate of drug-likeness (QED) is 0.119. The van der Waals surface area contributed by atoms with Gasteiger partial charge in [-0.2, -0.15) is 0 Å². The zero-order chi connectivity index (χ0) is 30.2. The van der Waals surface area contributed by atoms with Gasteiger partial charge in [0.2, 0.25) is 6.41 Å². The van der Waals surface area contributed by atoms with Gasteiger partial charge in [0, 0.05) is 39.4 Å². The number of rotatable bonds is 9. The summed E-state index contributed by atoms with van der Waals surface area (Å²) in [4.78, 5) is 17.0. The lowest BCUT2D eigenvalue weighted by Gasteiger charge is -2.14. The van der Waals surface area contributed by atoms with Crippen LogP contribution in [0.5, 0.6) is 0 Å². The molecule has 1 unspecified atom stereocenters. The Hall–Kier alpha value is -4.78. The molecular weight excluding hydrogens is 542 g/mol. The second-order valence-corrected chi connectivity index (χ2v) is 11.9. The monoisotopic (exact) mass is 577 g/mol. The van der Waals surface area contributed by atoms with E-state index in [4.69, 9.17) is 20.5 Å². The van der Waals surface area contributed by atoms with Gasteiger partial charge in [0.1, 0.15) is 34.7 Å². The van der Waals surface area contributed by atoms with Gasteiger partial charge in [-0.15, -0.1) is 0 Å². The summed E-state index contributed by atoms with van der Waals surface area (Å²) in [6.07, 6.45) is 1.61. The van der Waals surface area contributed by atoms with Crippen molar-refractivity contribution in [1.29, 1.82) is 5.41 Å². The summed E-state index contributed by atoms with van der Waals surface area (Å²) in [7, 11) is -1.19. The average molecular weight is 578 g/mol. The second kappa shape index (κ2) is 13.5. The molecule has 0 aliphatic carbocycles. The number of primary amides is 1. The van der Waals surface area contributed by atoms with Crippen LogP contribution in [0.2, 0.25) is 0 Å². The van der Waals surface area contributed by atoms with Crippen molar-refractivity contribution in [3.05, 3.63) is 77.8 Å². The molecule has 8 N–H and O–H groups in total. The summed E-state index contributed by atoms with van der Waals surface area (Å²) in [6, 6.07) is 16.6. The van der Waals surface area contributed by atoms with Crippen molar-refractivity contribution in [2.75, 3.05) is 21.1 Å². The minimum absolute atomic E-state index is 0.0173. The number of carbonyl (C=O) groups excluding carboxylic acids is 1. The Labute approximate surface area is 241 Å². The molecule has 12 nitrogen and oxygen atoms in total. The topological polar surface area (TPSA) is 198 Å². The van der Waals surface area contributed by atoms with Crippen molar-refractivity contribution in [2.24, 2.45) is 5.73 Å². The number of nitrogen functional groups attached to an aromatic ring is 1. The van der Waals surface area contributed by atoms with Crippen LogP contribution in [0.1, 0.15) is 51.5 Å². The second-order valence-electron chi connectivity index (χ2n) is 10.2. The smallest absolute Gasteiger partial charge is 0.204 e. The SMILES string of the molecule is CC(C)S(=O)Nc1ccc(C(=N)c2c(N)ncnc2Nc2ccc(Nc3cc(C(C)(C)C)on3)cc2)cc1.NC=O. The highest BCUT2D eigenvalue weighted by atomic mass is 32.2. The summed E-state index contributed by atoms with van der Waals surface area (Å²) in [5.41, 5.74) is 13.7. The number of nitrogens with one attached hydrogen (secondary N) is 4. The number of aromatic nitrogens is 3. The van der Waals surface area contributed by atoms with E-state index in [9.17, 15) is 4.21 Å². The van der Waals surface area contributed by atoms with E-state index in [0.29, 0.717) is 28.5 Å². The van der Waals surface area contributed by atoms with Gasteiger partial charge in [0.15, 0.2) is 5.82 Å². The van der Waals surface area contributed by atoms with E-state index in [-0.39, 0.29) is 28.6 Å². The van der Waals surface area contributed by atoms with Crippen LogP contribution in [0, 0.1) is 5.41 Å². The molecule has 2 heterocycles. The van der Waals surface area contributed by atoms with Crippen LogP contribution in [0.4, 0.5) is 34.5 Å². The van der Waals surface area contributed by atoms with E-state index in [1.54, 1.807) is 24.3 Å². The Balaban J connectivity index is 0.00000147. The molecule has 0 bridgehead atoms. The van der Waals surface area contributed by atoms with Crippen molar-refractivity contribution >= 4 is 57.6 Å². The van der Waals surface area contributed by atoms with E-state index >= 15 is 0 Å². The molecule has 2 aromatic heterocycles. The molecule has 0 aliphatic heterocycles. The molecule has 13 heteroatoms. The van der Waals surface area contributed by atoms with Crippen molar-refractivity contribution in [3.8, 4) is 0 Å². The highest BCUT2D eigenvalue weighted by molar-refractivity contribution is 7.86. The molecule has 4 aromatic rings. The maximum atomic E-state index is 12.1. The summed E-state index contributed by atoms with van der Waals surface area (Å²) in [6.45, 7) is 9.95. The van der Waals surface area contributed by atoms with Crippen LogP contribution in [0.3, 0.4) is 0 Å². The van der Waals surface area contributed by atoms with Crippen molar-refractivity contribution in [1.82, 2.24) is 15.1 Å². The van der Waals surface area contributed by atoms with Gasteiger partial charge in [-0.05, 0) is 50.2 Å². The summed E-state index contributed by atoms with van der Waals surface area (Å²) >= 11 is 0. The first-order valence-corrected chi connectivity index (χ1v) is 13.9. The summed E-state index contributed by atoms with van der Waals surface area (Å²) in [5, 5.41) is 19.3. The molecule has 2 aromatic carbocycles. The molecule has 0 saturated heterocycles. The van der Waals surface area contributed by atoms with Crippen LogP contribution in [-0.4, -0.2) is 36.7 Å². The van der Waals surface area contributed by atoms with Gasteiger partial charge in [0.25, 0.3) is 0 Å². The van der Waals surface area contributed by atoms with Crippen LogP contribution in [0.25, 0.3) is 0 Å². The standard InChI is InChI=1S/C27H32N8O2S.CH3NO/c1-16(2)38(36)35-20-8-6-17(7-9-20)24(28)23-25(29)30-15-31-26(23)33-19-12-10-18(11-13-19)32-22-14-21(37-34-22)27(3,4)5;2-1-3/h6-16,28,35H,1-5H3,(H,32,34)(H3,29,30,31,33);1H,(H2,2,3). The first-order chi connectivity index (χ1) is 19.4. The zero-order valence-corrected chi connectivity index (χ0v) is 24.4. The summed E-state index contributed by atoms with van der Waals surface area (Å²) < 4.78 is 20.5. The van der Waals surface area contributed by atoms with Crippen LogP contribution < -0.4 is 26.8 Å². The minimum Gasteiger partial charge on any atom is -0.383 e. The lowest BCUT2D eigenvalue weighted by molar-refractivity contribution is -0.106. The van der Waals surface area contributed by atoms with Crippen LogP contribution in [0.15, 0.2) is 65.4 Å². The highest BCUT2D eigenvalue weighted by Gasteiger charge is 2.20. The van der Waals surface area contributed by atoms with Crippen LogP contribution >= 0.6 is 0 Å². The van der Waals surface area contributed by atoms with Crippen molar-refractivity contribution < 1.29 is 13.5 Å². The van der Waals surface area contributed by atoms with E-state index in [2.05, 4.69) is 57.0 Å².